The predicted octanol–water partition coefficient (Wildman–Crippen LogP) is 2.91. The second-order valence-electron chi connectivity index (χ2n) is 10.8. The van der Waals surface area contributed by atoms with Gasteiger partial charge in [-0.3, -0.25) is 25.2 Å². The Hall–Kier alpha value is -4.15. The summed E-state index contributed by atoms with van der Waals surface area (Å²) in [6.07, 6.45) is 5.05. The molecule has 0 bridgehead atoms. The number of amides is 5. The van der Waals surface area contributed by atoms with Crippen LogP contribution in [-0.4, -0.2) is 40.5 Å². The van der Waals surface area contributed by atoms with Crippen molar-refractivity contribution in [3.63, 3.8) is 0 Å². The maximum absolute atomic E-state index is 12.5. The number of H-pyrrole nitrogens is 1. The van der Waals surface area contributed by atoms with Crippen molar-refractivity contribution in [2.45, 2.75) is 53.0 Å². The van der Waals surface area contributed by atoms with E-state index in [0.29, 0.717) is 24.3 Å². The van der Waals surface area contributed by atoms with E-state index in [1.807, 2.05) is 6.92 Å². The van der Waals surface area contributed by atoms with Gasteiger partial charge in [0.05, 0.1) is 0 Å². The molecule has 0 saturated heterocycles. The molecule has 0 aliphatic heterocycles. The highest BCUT2D eigenvalue weighted by molar-refractivity contribution is 6.02. The lowest BCUT2D eigenvalue weighted by Gasteiger charge is -2.46. The number of hydrogen-bond acceptors (Lipinski definition) is 6. The van der Waals surface area contributed by atoms with Crippen molar-refractivity contribution in [2.75, 3.05) is 17.6 Å². The maximum Gasteiger partial charge on any atom is 0.321 e. The summed E-state index contributed by atoms with van der Waals surface area (Å²) in [5.74, 6) is -0.462. The minimum Gasteiger partial charge on any atom is -0.399 e. The smallest absolute Gasteiger partial charge is 0.321 e. The Bertz CT molecular complexity index is 1240. The van der Waals surface area contributed by atoms with E-state index in [-0.39, 0.29) is 28.4 Å². The number of aromatic nitrogens is 2. The van der Waals surface area contributed by atoms with Crippen LogP contribution in [0.25, 0.3) is 6.08 Å². The van der Waals surface area contributed by atoms with Crippen molar-refractivity contribution in [1.29, 1.82) is 0 Å². The molecule has 3 rings (SSSR count). The molecular formula is C26H35N7O4. The monoisotopic (exact) mass is 509 g/mol. The van der Waals surface area contributed by atoms with Crippen LogP contribution in [0.3, 0.4) is 0 Å². The second kappa shape index (κ2) is 11.3. The molecule has 1 aromatic heterocycles. The lowest BCUT2D eigenvalue weighted by Crippen LogP contribution is -2.53. The number of anilines is 2. The van der Waals surface area contributed by atoms with Crippen LogP contribution in [0.4, 0.5) is 21.2 Å². The minimum absolute atomic E-state index is 0.0722. The van der Waals surface area contributed by atoms with Gasteiger partial charge in [-0.05, 0) is 60.8 Å². The van der Waals surface area contributed by atoms with Gasteiger partial charge in [0.15, 0.2) is 0 Å². The van der Waals surface area contributed by atoms with Crippen molar-refractivity contribution in [3.05, 3.63) is 58.0 Å². The zero-order valence-corrected chi connectivity index (χ0v) is 21.6. The van der Waals surface area contributed by atoms with Gasteiger partial charge in [-0.2, -0.15) is 0 Å². The van der Waals surface area contributed by atoms with Gasteiger partial charge < -0.3 is 16.4 Å². The number of aryl methyl sites for hydroxylation is 1. The summed E-state index contributed by atoms with van der Waals surface area (Å²) in [6.45, 7) is 8.28. The molecule has 0 spiro atoms. The summed E-state index contributed by atoms with van der Waals surface area (Å²) in [5.41, 5.74) is 6.79. The fourth-order valence-corrected chi connectivity index (χ4v) is 5.11. The molecule has 1 saturated carbocycles. The van der Waals surface area contributed by atoms with Gasteiger partial charge >= 0.3 is 12.1 Å². The number of hydrogen-bond donors (Lipinski definition) is 6. The Labute approximate surface area is 215 Å². The molecule has 1 aromatic carbocycles. The predicted molar refractivity (Wildman–Crippen MR) is 143 cm³/mol. The zero-order chi connectivity index (χ0) is 27.2. The summed E-state index contributed by atoms with van der Waals surface area (Å²) < 4.78 is 0. The van der Waals surface area contributed by atoms with E-state index < -0.39 is 18.0 Å². The molecule has 2 unspecified atom stereocenters. The van der Waals surface area contributed by atoms with Crippen LogP contribution in [-0.2, 0) is 4.79 Å². The molecule has 37 heavy (non-hydrogen) atoms. The van der Waals surface area contributed by atoms with Crippen LogP contribution < -0.4 is 32.6 Å². The number of nitrogen functional groups attached to an aromatic ring is 1. The number of nitrogens with two attached hydrogens (primary N) is 1. The van der Waals surface area contributed by atoms with E-state index >= 15 is 0 Å². The molecule has 1 aliphatic rings. The highest BCUT2D eigenvalue weighted by Gasteiger charge is 2.42. The molecule has 1 heterocycles. The Balaban J connectivity index is 1.53. The molecule has 7 N–H and O–H groups in total. The Kier molecular flexibility index (Phi) is 8.36. The first-order chi connectivity index (χ1) is 17.3. The number of rotatable bonds is 6. The van der Waals surface area contributed by atoms with Crippen LogP contribution in [0, 0.1) is 17.8 Å². The average Bonchev–Trinajstić information content (AvgIpc) is 2.75. The van der Waals surface area contributed by atoms with Crippen LogP contribution >= 0.6 is 0 Å². The minimum atomic E-state index is -0.572. The molecule has 2 atom stereocenters. The highest BCUT2D eigenvalue weighted by atomic mass is 16.2. The van der Waals surface area contributed by atoms with E-state index in [2.05, 4.69) is 45.1 Å². The number of imide groups is 1. The molecule has 0 radical (unpaired) electrons. The number of nitrogens with zero attached hydrogens (tertiary/aromatic N) is 1. The van der Waals surface area contributed by atoms with E-state index in [0.717, 1.165) is 18.4 Å². The van der Waals surface area contributed by atoms with Gasteiger partial charge in [0.2, 0.25) is 5.95 Å². The van der Waals surface area contributed by atoms with Crippen molar-refractivity contribution in [2.24, 2.45) is 10.8 Å². The standard InChI is InChI=1S/C26H35N7O4/c1-16-11-21(35)31-22(29-16)33-23(36)28-15-26(4)13-19(12-25(2,3)14-26)30-24(37)32-20(34)10-7-17-5-8-18(27)9-6-17/h5-11,19H,12-15,27H2,1-4H3,(H2,30,32,34,37)(H3,28,29,31,33,35,36)/b10-7+. The molecular weight excluding hydrogens is 474 g/mol. The third-order valence-electron chi connectivity index (χ3n) is 6.16. The van der Waals surface area contributed by atoms with Crippen LogP contribution in [0.15, 0.2) is 41.2 Å². The molecule has 11 nitrogen and oxygen atoms in total. The number of benzene rings is 1. The largest absolute Gasteiger partial charge is 0.399 e. The van der Waals surface area contributed by atoms with Crippen LogP contribution in [0.5, 0.6) is 0 Å². The number of carbonyl (C=O) groups excluding carboxylic acids is 3. The molecule has 2 aromatic rings. The highest BCUT2D eigenvalue weighted by Crippen LogP contribution is 2.45. The summed E-state index contributed by atoms with van der Waals surface area (Å²) in [4.78, 5) is 55.3. The summed E-state index contributed by atoms with van der Waals surface area (Å²) in [6, 6.07) is 7.08. The first-order valence-corrected chi connectivity index (χ1v) is 12.1. The fraction of sp³-hybridized carbons (Fsp3) is 0.423. The number of nitrogens with one attached hydrogen (secondary N) is 5. The zero-order valence-electron chi connectivity index (χ0n) is 21.6. The molecule has 5 amide bonds. The quantitative estimate of drug-likeness (QED) is 0.258. The van der Waals surface area contributed by atoms with Crippen molar-refractivity contribution >= 4 is 35.7 Å². The Morgan fingerprint density at radius 1 is 1.14 bits per heavy atom. The lowest BCUT2D eigenvalue weighted by molar-refractivity contribution is -0.115. The number of aromatic amines is 1. The second-order valence-corrected chi connectivity index (χ2v) is 10.8. The van der Waals surface area contributed by atoms with Gasteiger partial charge in [-0.1, -0.05) is 32.9 Å². The Morgan fingerprint density at radius 2 is 1.84 bits per heavy atom. The van der Waals surface area contributed by atoms with Crippen molar-refractivity contribution in [1.82, 2.24) is 25.9 Å². The van der Waals surface area contributed by atoms with Gasteiger partial charge in [-0.25, -0.2) is 14.6 Å². The third-order valence-corrected chi connectivity index (χ3v) is 6.16. The molecule has 1 fully saturated rings. The van der Waals surface area contributed by atoms with E-state index in [1.165, 1.54) is 12.1 Å². The van der Waals surface area contributed by atoms with Gasteiger partial charge in [0.25, 0.3) is 11.5 Å². The third kappa shape index (κ3) is 8.78. The molecule has 11 heteroatoms. The summed E-state index contributed by atoms with van der Waals surface area (Å²) >= 11 is 0. The van der Waals surface area contributed by atoms with Gasteiger partial charge in [0.1, 0.15) is 0 Å². The first-order valence-electron chi connectivity index (χ1n) is 12.1. The number of carbonyl (C=O) groups is 3. The van der Waals surface area contributed by atoms with Gasteiger partial charge in [0, 0.05) is 36.1 Å². The number of urea groups is 2. The van der Waals surface area contributed by atoms with E-state index in [9.17, 15) is 19.2 Å². The maximum atomic E-state index is 12.5. The summed E-state index contributed by atoms with van der Waals surface area (Å²) in [5, 5.41) is 10.6. The molecule has 198 valence electrons. The van der Waals surface area contributed by atoms with E-state index in [4.69, 9.17) is 5.73 Å². The van der Waals surface area contributed by atoms with Crippen LogP contribution in [0.1, 0.15) is 51.3 Å². The lowest BCUT2D eigenvalue weighted by atomic mass is 9.62. The normalized spacial score (nSPS) is 20.7. The van der Waals surface area contributed by atoms with Crippen LogP contribution in [0.2, 0.25) is 0 Å². The fourth-order valence-electron chi connectivity index (χ4n) is 5.11. The first kappa shape index (κ1) is 27.4. The topological polar surface area (TPSA) is 171 Å². The van der Waals surface area contributed by atoms with Crippen molar-refractivity contribution < 1.29 is 14.4 Å². The summed E-state index contributed by atoms with van der Waals surface area (Å²) in [7, 11) is 0. The van der Waals surface area contributed by atoms with Crippen molar-refractivity contribution in [3.8, 4) is 0 Å². The Morgan fingerprint density at radius 3 is 2.51 bits per heavy atom. The van der Waals surface area contributed by atoms with Gasteiger partial charge in [-0.15, -0.1) is 0 Å². The average molecular weight is 510 g/mol. The SMILES string of the molecule is Cc1cc(=O)[nH]c(NC(=O)NCC2(C)CC(NC(=O)NC(=O)/C=C/c3ccc(N)cc3)CC(C)(C)C2)n1. The molecule has 1 aliphatic carbocycles. The van der Waals surface area contributed by atoms with E-state index in [1.54, 1.807) is 37.3 Å².